The number of benzene rings is 4. The number of hydrogen-bond acceptors (Lipinski definition) is 6. The quantitative estimate of drug-likeness (QED) is 0.198. The molecule has 0 unspecified atom stereocenters. The number of rotatable bonds is 7. The molecule has 2 aliphatic heterocycles. The van der Waals surface area contributed by atoms with Gasteiger partial charge in [0.2, 0.25) is 11.8 Å². The summed E-state index contributed by atoms with van der Waals surface area (Å²) in [6, 6.07) is 27.6. The number of carbonyl (C=O) groups is 3. The van der Waals surface area contributed by atoms with E-state index in [9.17, 15) is 14.4 Å². The van der Waals surface area contributed by atoms with Gasteiger partial charge in [-0.05, 0) is 159 Å². The summed E-state index contributed by atoms with van der Waals surface area (Å²) in [5.41, 5.74) is 3.51. The van der Waals surface area contributed by atoms with Crippen LogP contribution in [-0.4, -0.2) is 55.7 Å². The molecule has 8 atom stereocenters. The third-order valence-electron chi connectivity index (χ3n) is 13.6. The predicted molar refractivity (Wildman–Crippen MR) is 242 cm³/mol. The predicted octanol–water partition coefficient (Wildman–Crippen LogP) is 12.5. The van der Waals surface area contributed by atoms with Crippen LogP contribution >= 0.6 is 46.4 Å². The SMILES string of the molecule is CC[C@@]12CC[C@@H](c3ccc(OC)cc3Cl)[C@H](c3ccc(Cl)cc3)[C@@H]1CNC2=O.COc1ccc([C@@H]2CC[C@@H]3C(=O)N(C(=O)OC(C)(C)C)C[C@H]3[C@H]2c2ccc(Cl)cc2)c(Cl)c1. The van der Waals surface area contributed by atoms with Gasteiger partial charge in [-0.3, -0.25) is 9.59 Å². The smallest absolute Gasteiger partial charge is 0.417 e. The molecule has 12 heteroatoms. The van der Waals surface area contributed by atoms with Gasteiger partial charge in [0.15, 0.2) is 0 Å². The summed E-state index contributed by atoms with van der Waals surface area (Å²) in [5, 5.41) is 5.90. The molecule has 8 rings (SSSR count). The van der Waals surface area contributed by atoms with Gasteiger partial charge in [-0.2, -0.15) is 0 Å². The Hall–Kier alpha value is -3.95. The summed E-state index contributed by atoms with van der Waals surface area (Å²) in [6.45, 7) is 8.59. The fourth-order valence-electron chi connectivity index (χ4n) is 10.7. The summed E-state index contributed by atoms with van der Waals surface area (Å²) >= 11 is 25.7. The zero-order valence-corrected chi connectivity index (χ0v) is 38.5. The van der Waals surface area contributed by atoms with E-state index in [0.29, 0.717) is 35.3 Å². The number of nitrogens with zero attached hydrogens (tertiary/aromatic N) is 1. The molecule has 1 N–H and O–H groups in total. The average Bonchev–Trinajstić information content (AvgIpc) is 3.76. The van der Waals surface area contributed by atoms with Crippen molar-refractivity contribution in [1.82, 2.24) is 10.2 Å². The number of imide groups is 1. The fourth-order valence-corrected chi connectivity index (χ4v) is 11.6. The number of ether oxygens (including phenoxy) is 3. The lowest BCUT2D eigenvalue weighted by Gasteiger charge is -2.46. The Morgan fingerprint density at radius 2 is 1.25 bits per heavy atom. The zero-order chi connectivity index (χ0) is 43.8. The van der Waals surface area contributed by atoms with Gasteiger partial charge in [0, 0.05) is 39.1 Å². The summed E-state index contributed by atoms with van der Waals surface area (Å²) < 4.78 is 16.2. The first-order valence-electron chi connectivity index (χ1n) is 21.1. The molecule has 3 amide bonds. The minimum atomic E-state index is -0.667. The number of carbonyl (C=O) groups excluding carboxylic acids is 3. The lowest BCUT2D eigenvalue weighted by atomic mass is 9.55. The maximum atomic E-state index is 13.3. The number of halogens is 4. The van der Waals surface area contributed by atoms with E-state index in [4.69, 9.17) is 60.6 Å². The number of hydrogen-bond donors (Lipinski definition) is 1. The Kier molecular flexibility index (Phi) is 13.6. The molecule has 2 aliphatic carbocycles. The van der Waals surface area contributed by atoms with Crippen molar-refractivity contribution in [2.45, 2.75) is 89.1 Å². The van der Waals surface area contributed by atoms with Crippen LogP contribution in [0.1, 0.15) is 106 Å². The number of nitrogens with one attached hydrogen (secondary N) is 1. The highest BCUT2D eigenvalue weighted by Crippen LogP contribution is 2.59. The van der Waals surface area contributed by atoms with E-state index in [2.05, 4.69) is 30.4 Å². The van der Waals surface area contributed by atoms with Gasteiger partial charge < -0.3 is 19.5 Å². The van der Waals surface area contributed by atoms with Crippen LogP contribution in [0.5, 0.6) is 11.5 Å². The Labute approximate surface area is 379 Å². The summed E-state index contributed by atoms with van der Waals surface area (Å²) in [7, 11) is 3.26. The minimum Gasteiger partial charge on any atom is -0.497 e. The molecule has 0 aromatic heterocycles. The van der Waals surface area contributed by atoms with E-state index >= 15 is 0 Å². The number of likely N-dealkylation sites (tertiary alicyclic amines) is 1. The van der Waals surface area contributed by atoms with E-state index in [-0.39, 0.29) is 58.7 Å². The molecule has 4 aliphatic rings. The molecular formula is C49H54Cl4N2O6. The molecule has 0 radical (unpaired) electrons. The molecule has 2 saturated heterocycles. The summed E-state index contributed by atoms with van der Waals surface area (Å²) in [5.74, 6) is 2.04. The van der Waals surface area contributed by atoms with Crippen molar-refractivity contribution in [1.29, 1.82) is 0 Å². The van der Waals surface area contributed by atoms with Gasteiger partial charge in [-0.25, -0.2) is 9.69 Å². The molecule has 324 valence electrons. The second kappa shape index (κ2) is 18.4. The largest absolute Gasteiger partial charge is 0.497 e. The average molecular weight is 909 g/mol. The van der Waals surface area contributed by atoms with E-state index in [1.54, 1.807) is 35.0 Å². The molecule has 4 aromatic carbocycles. The Morgan fingerprint density at radius 1 is 0.738 bits per heavy atom. The topological polar surface area (TPSA) is 94.2 Å². The highest BCUT2D eigenvalue weighted by Gasteiger charge is 2.57. The van der Waals surface area contributed by atoms with Gasteiger partial charge in [-0.15, -0.1) is 0 Å². The maximum absolute atomic E-state index is 13.3. The summed E-state index contributed by atoms with van der Waals surface area (Å²) in [4.78, 5) is 40.2. The van der Waals surface area contributed by atoms with Crippen LogP contribution in [-0.2, 0) is 14.3 Å². The minimum absolute atomic E-state index is 0.00305. The molecular weight excluding hydrogens is 854 g/mol. The summed E-state index contributed by atoms with van der Waals surface area (Å²) in [6.07, 6.45) is 3.58. The van der Waals surface area contributed by atoms with Crippen molar-refractivity contribution in [2.24, 2.45) is 23.2 Å². The lowest BCUT2D eigenvalue weighted by Crippen LogP contribution is -2.42. The first-order chi connectivity index (χ1) is 29.1. The first-order valence-corrected chi connectivity index (χ1v) is 22.6. The van der Waals surface area contributed by atoms with Gasteiger partial charge in [0.05, 0.1) is 19.6 Å². The first kappa shape index (κ1) is 45.1. The van der Waals surface area contributed by atoms with E-state index in [1.807, 2.05) is 66.7 Å². The van der Waals surface area contributed by atoms with Crippen molar-refractivity contribution >= 4 is 64.3 Å². The van der Waals surface area contributed by atoms with Gasteiger partial charge >= 0.3 is 6.09 Å². The van der Waals surface area contributed by atoms with E-state index in [0.717, 1.165) is 58.2 Å². The Bertz CT molecular complexity index is 2250. The van der Waals surface area contributed by atoms with Crippen LogP contribution in [0.2, 0.25) is 20.1 Å². The molecule has 4 fully saturated rings. The maximum Gasteiger partial charge on any atom is 0.417 e. The molecule has 0 spiro atoms. The molecule has 61 heavy (non-hydrogen) atoms. The highest BCUT2D eigenvalue weighted by atomic mass is 35.5. The second-order valence-electron chi connectivity index (χ2n) is 17.8. The van der Waals surface area contributed by atoms with Crippen LogP contribution in [0.25, 0.3) is 0 Å². The molecule has 0 bridgehead atoms. The van der Waals surface area contributed by atoms with Crippen molar-refractivity contribution in [3.05, 3.63) is 127 Å². The number of methoxy groups -OCH3 is 2. The second-order valence-corrected chi connectivity index (χ2v) is 19.5. The standard InChI is InChI=1S/C26H29Cl2NO4.C23H25Cl2NO2/c1-26(2,3)33-25(31)29-14-21-20(24(29)30)12-11-19(18-10-9-17(32-4)13-22(18)28)23(21)15-5-7-16(27)8-6-15;1-3-23-11-10-18(17-9-8-16(28-2)12-20(17)25)21(19(23)13-26-22(23)27)14-4-6-15(24)7-5-14/h5-10,13,19-21,23H,11-12,14H2,1-4H3;4-9,12,18-19,21H,3,10-11,13H2,1-2H3,(H,26,27)/t19-,20-,21+,23-;18-,19-,21-,23+/m00/s1. The third-order valence-corrected chi connectivity index (χ3v) is 14.7. The van der Waals surface area contributed by atoms with E-state index in [1.165, 1.54) is 10.5 Å². The molecule has 2 heterocycles. The zero-order valence-electron chi connectivity index (χ0n) is 35.5. The van der Waals surface area contributed by atoms with Crippen LogP contribution in [0.15, 0.2) is 84.9 Å². The number of amides is 3. The van der Waals surface area contributed by atoms with Crippen LogP contribution in [0.3, 0.4) is 0 Å². The van der Waals surface area contributed by atoms with Crippen molar-refractivity contribution in [2.75, 3.05) is 27.3 Å². The van der Waals surface area contributed by atoms with E-state index < -0.39 is 11.7 Å². The van der Waals surface area contributed by atoms with Gasteiger partial charge in [0.1, 0.15) is 17.1 Å². The lowest BCUT2D eigenvalue weighted by molar-refractivity contribution is -0.132. The Balaban J connectivity index is 0.000000186. The van der Waals surface area contributed by atoms with Crippen molar-refractivity contribution in [3.63, 3.8) is 0 Å². The highest BCUT2D eigenvalue weighted by molar-refractivity contribution is 6.32. The van der Waals surface area contributed by atoms with Gasteiger partial charge in [0.25, 0.3) is 0 Å². The van der Waals surface area contributed by atoms with Crippen LogP contribution in [0, 0.1) is 23.2 Å². The normalized spacial score (nSPS) is 27.0. The molecule has 2 saturated carbocycles. The van der Waals surface area contributed by atoms with Gasteiger partial charge in [-0.1, -0.05) is 89.7 Å². The van der Waals surface area contributed by atoms with Crippen LogP contribution in [0.4, 0.5) is 4.79 Å². The monoisotopic (exact) mass is 906 g/mol. The van der Waals surface area contributed by atoms with Crippen LogP contribution < -0.4 is 14.8 Å². The fraction of sp³-hybridized carbons (Fsp3) is 0.449. The molecule has 8 nitrogen and oxygen atoms in total. The Morgan fingerprint density at radius 3 is 1.74 bits per heavy atom. The number of fused-ring (bicyclic) bond motifs is 2. The van der Waals surface area contributed by atoms with Crippen molar-refractivity contribution in [3.8, 4) is 11.5 Å². The third kappa shape index (κ3) is 9.11. The molecule has 4 aromatic rings. The van der Waals surface area contributed by atoms with Crippen molar-refractivity contribution < 1.29 is 28.6 Å².